The Bertz CT molecular complexity index is 2870. The molecule has 72 heavy (non-hydrogen) atoms. The standard InChI is InChI=1S/C51H57FN8O12/c1-3-51(70)36-22-40-47-34(27-60(40)49(68)35(36)28-72-50(51)69)32(33-20-30(2)37(52)23-38(33)58-47)14-9-11-19-71-29-56-43(63)25-55-48(67)39(21-31-12-6-4-7-13-31)57-44(64)26-54-42(62)24-53-41(61)15-8-5-10-18-59-45(65)16-17-46(59)66/h4,6-7,12-13,16-17,20,22-23,39,70H,3,5,8-11,14-15,18-19,21,24-29H2,1-2H3,(H,53,61)(H,54,62)(H,55,67)(H,56,63)(H,57,64)/t39-,51-/m0/s1. The van der Waals surface area contributed by atoms with Crippen LogP contribution in [0.4, 0.5) is 4.39 Å². The summed E-state index contributed by atoms with van der Waals surface area (Å²) < 4.78 is 27.3. The van der Waals surface area contributed by atoms with E-state index in [1.165, 1.54) is 18.2 Å². The molecule has 7 rings (SSSR count). The summed E-state index contributed by atoms with van der Waals surface area (Å²) in [5, 5.41) is 24.6. The number of fused-ring (bicyclic) bond motifs is 5. The van der Waals surface area contributed by atoms with Crippen molar-refractivity contribution in [3.05, 3.63) is 110 Å². The van der Waals surface area contributed by atoms with Crippen molar-refractivity contribution < 1.29 is 57.3 Å². The van der Waals surface area contributed by atoms with Crippen molar-refractivity contribution in [2.24, 2.45) is 0 Å². The zero-order valence-electron chi connectivity index (χ0n) is 40.0. The van der Waals surface area contributed by atoms with Gasteiger partial charge in [0.25, 0.3) is 17.4 Å². The fraction of sp³-hybridized carbons (Fsp3) is 0.412. The van der Waals surface area contributed by atoms with Crippen LogP contribution < -0.4 is 32.1 Å². The average Bonchev–Trinajstić information content (AvgIpc) is 3.90. The largest absolute Gasteiger partial charge is 0.458 e. The van der Waals surface area contributed by atoms with Crippen LogP contribution >= 0.6 is 0 Å². The molecule has 0 spiro atoms. The number of cyclic esters (lactones) is 1. The predicted octanol–water partition coefficient (Wildman–Crippen LogP) is 1.50. The molecule has 380 valence electrons. The lowest BCUT2D eigenvalue weighted by molar-refractivity contribution is -0.172. The summed E-state index contributed by atoms with van der Waals surface area (Å²) in [4.78, 5) is 119. The van der Waals surface area contributed by atoms with E-state index < -0.39 is 65.7 Å². The molecule has 0 fully saturated rings. The van der Waals surface area contributed by atoms with Gasteiger partial charge in [-0.1, -0.05) is 43.7 Å². The number of aryl methyl sites for hydroxylation is 2. The second kappa shape index (κ2) is 23.5. The Morgan fingerprint density at radius 3 is 2.31 bits per heavy atom. The van der Waals surface area contributed by atoms with Crippen LogP contribution in [0.2, 0.25) is 0 Å². The number of nitrogens with one attached hydrogen (secondary N) is 5. The van der Waals surface area contributed by atoms with E-state index in [2.05, 4.69) is 26.6 Å². The Morgan fingerprint density at radius 1 is 0.847 bits per heavy atom. The lowest BCUT2D eigenvalue weighted by Crippen LogP contribution is -2.52. The van der Waals surface area contributed by atoms with Gasteiger partial charge in [0.1, 0.15) is 25.2 Å². The van der Waals surface area contributed by atoms with E-state index in [1.54, 1.807) is 60.9 Å². The zero-order valence-corrected chi connectivity index (χ0v) is 40.0. The number of carbonyl (C=O) groups excluding carboxylic acids is 8. The number of ether oxygens (including phenoxy) is 2. The van der Waals surface area contributed by atoms with Gasteiger partial charge >= 0.3 is 5.97 Å². The number of rotatable bonds is 24. The highest BCUT2D eigenvalue weighted by Gasteiger charge is 2.45. The van der Waals surface area contributed by atoms with Crippen LogP contribution in [0.15, 0.2) is 65.5 Å². The Hall–Kier alpha value is -7.65. The predicted molar refractivity (Wildman–Crippen MR) is 257 cm³/mol. The number of aromatic nitrogens is 2. The summed E-state index contributed by atoms with van der Waals surface area (Å²) in [5.41, 5.74) is 2.08. The fourth-order valence-corrected chi connectivity index (χ4v) is 8.84. The van der Waals surface area contributed by atoms with Crippen molar-refractivity contribution >= 4 is 58.2 Å². The molecular weight excluding hydrogens is 936 g/mol. The van der Waals surface area contributed by atoms with Gasteiger partial charge in [-0.2, -0.15) is 0 Å². The lowest BCUT2D eigenvalue weighted by atomic mass is 9.86. The smallest absolute Gasteiger partial charge is 0.343 e. The SMILES string of the molecule is CC[C@@]1(O)C(=O)OCc2c1cc1n(c2=O)Cc2c-1nc1cc(F)c(C)cc1c2CCCCOCNC(=O)CNC(=O)[C@H](Cc1ccccc1)NC(=O)CNC(=O)CNC(=O)CCCCCN1C(=O)C=CC1=O. The molecule has 2 aromatic carbocycles. The number of hydrogen-bond donors (Lipinski definition) is 6. The first-order valence-corrected chi connectivity index (χ1v) is 23.9. The van der Waals surface area contributed by atoms with Crippen LogP contribution in [0.1, 0.15) is 85.3 Å². The topological polar surface area (TPSA) is 274 Å². The van der Waals surface area contributed by atoms with Gasteiger partial charge < -0.3 is 45.7 Å². The molecule has 7 amide bonds. The van der Waals surface area contributed by atoms with Crippen molar-refractivity contribution in [3.8, 4) is 11.4 Å². The number of esters is 1. The minimum Gasteiger partial charge on any atom is -0.458 e. The summed E-state index contributed by atoms with van der Waals surface area (Å²) in [6, 6.07) is 12.5. The molecule has 2 atom stereocenters. The molecule has 2 aromatic heterocycles. The molecule has 3 aliphatic rings. The Morgan fingerprint density at radius 2 is 1.56 bits per heavy atom. The molecule has 4 aromatic rings. The minimum absolute atomic E-state index is 0.00612. The maximum Gasteiger partial charge on any atom is 0.343 e. The van der Waals surface area contributed by atoms with Crippen molar-refractivity contribution in [1.82, 2.24) is 41.0 Å². The van der Waals surface area contributed by atoms with Gasteiger partial charge in [-0.25, -0.2) is 14.2 Å². The number of unbranched alkanes of at least 4 members (excludes halogenated alkanes) is 3. The maximum absolute atomic E-state index is 14.9. The number of amides is 7. The zero-order chi connectivity index (χ0) is 51.5. The van der Waals surface area contributed by atoms with Crippen LogP contribution in [0, 0.1) is 12.7 Å². The number of nitrogens with zero attached hydrogens (tertiary/aromatic N) is 3. The highest BCUT2D eigenvalue weighted by Crippen LogP contribution is 2.41. The van der Waals surface area contributed by atoms with Crippen LogP contribution in [-0.4, -0.2) is 112 Å². The van der Waals surface area contributed by atoms with Crippen LogP contribution in [0.5, 0.6) is 0 Å². The fourth-order valence-electron chi connectivity index (χ4n) is 8.84. The van der Waals surface area contributed by atoms with Crippen molar-refractivity contribution in [3.63, 3.8) is 0 Å². The van der Waals surface area contributed by atoms with E-state index in [-0.39, 0.29) is 87.7 Å². The van der Waals surface area contributed by atoms with Crippen LogP contribution in [-0.2, 0) is 79.4 Å². The third-order valence-corrected chi connectivity index (χ3v) is 12.9. The van der Waals surface area contributed by atoms with Gasteiger partial charge in [0.15, 0.2) is 5.60 Å². The monoisotopic (exact) mass is 992 g/mol. The van der Waals surface area contributed by atoms with E-state index in [0.717, 1.165) is 27.0 Å². The summed E-state index contributed by atoms with van der Waals surface area (Å²) >= 11 is 0. The highest BCUT2D eigenvalue weighted by molar-refractivity contribution is 6.12. The molecule has 20 nitrogen and oxygen atoms in total. The number of hydrogen-bond acceptors (Lipinski definition) is 13. The molecule has 5 heterocycles. The molecule has 0 radical (unpaired) electrons. The maximum atomic E-state index is 14.9. The molecular formula is C51H57FN8O12. The second-order valence-corrected chi connectivity index (χ2v) is 17.8. The van der Waals surface area contributed by atoms with Gasteiger partial charge in [-0.05, 0) is 74.3 Å². The molecule has 21 heteroatoms. The summed E-state index contributed by atoms with van der Waals surface area (Å²) in [7, 11) is 0. The quantitative estimate of drug-likeness (QED) is 0.0222. The Labute approximate surface area is 413 Å². The molecule has 3 aliphatic heterocycles. The third kappa shape index (κ3) is 12.3. The lowest BCUT2D eigenvalue weighted by Gasteiger charge is -2.31. The number of benzene rings is 2. The first-order valence-electron chi connectivity index (χ1n) is 23.9. The highest BCUT2D eigenvalue weighted by atomic mass is 19.1. The van der Waals surface area contributed by atoms with Crippen molar-refractivity contribution in [2.75, 3.05) is 39.5 Å². The molecule has 0 saturated carbocycles. The first kappa shape index (κ1) is 52.2. The third-order valence-electron chi connectivity index (χ3n) is 12.9. The van der Waals surface area contributed by atoms with E-state index in [0.29, 0.717) is 61.0 Å². The summed E-state index contributed by atoms with van der Waals surface area (Å²) in [6.07, 6.45) is 5.89. The number of carbonyl (C=O) groups is 8. The normalized spacial score (nSPS) is 15.9. The summed E-state index contributed by atoms with van der Waals surface area (Å²) in [6.45, 7) is 2.26. The molecule has 0 unspecified atom stereocenters. The van der Waals surface area contributed by atoms with E-state index in [9.17, 15) is 52.6 Å². The summed E-state index contributed by atoms with van der Waals surface area (Å²) in [5.74, 6) is -4.90. The van der Waals surface area contributed by atoms with E-state index >= 15 is 0 Å². The Balaban J connectivity index is 0.840. The molecule has 0 aliphatic carbocycles. The van der Waals surface area contributed by atoms with Gasteiger partial charge in [-0.3, -0.25) is 43.3 Å². The number of pyridine rings is 2. The van der Waals surface area contributed by atoms with Crippen molar-refractivity contribution in [1.29, 1.82) is 0 Å². The Kier molecular flexibility index (Phi) is 17.0. The van der Waals surface area contributed by atoms with Crippen LogP contribution in [0.3, 0.4) is 0 Å². The van der Waals surface area contributed by atoms with E-state index in [1.807, 2.05) is 0 Å². The van der Waals surface area contributed by atoms with Gasteiger partial charge in [0.2, 0.25) is 29.5 Å². The minimum atomic E-state index is -1.99. The van der Waals surface area contributed by atoms with Gasteiger partial charge in [0, 0.05) is 60.7 Å². The van der Waals surface area contributed by atoms with Crippen molar-refractivity contribution in [2.45, 2.75) is 96.4 Å². The molecule has 6 N–H and O–H groups in total. The van der Waals surface area contributed by atoms with E-state index in [4.69, 9.17) is 14.5 Å². The van der Waals surface area contributed by atoms with Gasteiger partial charge in [-0.15, -0.1) is 0 Å². The number of aliphatic hydroxyl groups is 1. The molecule has 0 saturated heterocycles. The molecule has 0 bridgehead atoms. The van der Waals surface area contributed by atoms with Crippen LogP contribution in [0.25, 0.3) is 22.3 Å². The number of halogens is 1. The second-order valence-electron chi connectivity index (χ2n) is 17.8. The first-order chi connectivity index (χ1) is 34.6. The average molecular weight is 993 g/mol. The number of imide groups is 1. The van der Waals surface area contributed by atoms with Gasteiger partial charge in [0.05, 0.1) is 48.6 Å².